The molecule has 2 heterocycles. The lowest BCUT2D eigenvalue weighted by Crippen LogP contribution is -2.33. The minimum Gasteiger partial charge on any atom is -0.351 e. The van der Waals surface area contributed by atoms with Gasteiger partial charge in [0, 0.05) is 30.5 Å². The zero-order chi connectivity index (χ0) is 13.1. The van der Waals surface area contributed by atoms with E-state index in [0.717, 1.165) is 5.39 Å². The van der Waals surface area contributed by atoms with Crippen molar-refractivity contribution < 1.29 is 4.79 Å². The number of pyridine rings is 2. The smallest absolute Gasteiger partial charge is 0.264 e. The predicted octanol–water partition coefficient (Wildman–Crippen LogP) is 1.06. The van der Waals surface area contributed by atoms with Crippen molar-refractivity contribution in [2.75, 3.05) is 11.9 Å². The van der Waals surface area contributed by atoms with Crippen LogP contribution in [0.3, 0.4) is 0 Å². The van der Waals surface area contributed by atoms with E-state index in [4.69, 9.17) is 0 Å². The summed E-state index contributed by atoms with van der Waals surface area (Å²) in [6.07, 6.45) is 1.62. The first-order valence-electron chi connectivity index (χ1n) is 5.44. The van der Waals surface area contributed by atoms with E-state index in [9.17, 15) is 9.59 Å². The second kappa shape index (κ2) is 5.30. The van der Waals surface area contributed by atoms with Gasteiger partial charge in [-0.2, -0.15) is 0 Å². The molecule has 0 unspecified atom stereocenters. The molecule has 1 N–H and O–H groups in total. The Bertz CT molecular complexity index is 651. The van der Waals surface area contributed by atoms with E-state index in [1.807, 2.05) is 6.07 Å². The average molecular weight is 310 g/mol. The summed E-state index contributed by atoms with van der Waals surface area (Å²) >= 11 is 3.22. The van der Waals surface area contributed by atoms with Crippen LogP contribution >= 0.6 is 15.9 Å². The number of rotatable bonds is 3. The molecule has 6 heteroatoms. The van der Waals surface area contributed by atoms with Crippen molar-refractivity contribution in [3.8, 4) is 0 Å². The van der Waals surface area contributed by atoms with Crippen molar-refractivity contribution in [3.05, 3.63) is 40.3 Å². The Kier molecular flexibility index (Phi) is 3.76. The van der Waals surface area contributed by atoms with Crippen molar-refractivity contribution in [1.29, 1.82) is 0 Å². The van der Waals surface area contributed by atoms with Gasteiger partial charge in [0.1, 0.15) is 11.2 Å². The van der Waals surface area contributed by atoms with Crippen molar-refractivity contribution in [3.63, 3.8) is 0 Å². The van der Waals surface area contributed by atoms with Crippen molar-refractivity contribution in [2.45, 2.75) is 0 Å². The minimum atomic E-state index is -0.360. The molecule has 0 aliphatic heterocycles. The lowest BCUT2D eigenvalue weighted by atomic mass is 10.2. The number of alkyl halides is 1. The van der Waals surface area contributed by atoms with Crippen LogP contribution in [-0.4, -0.2) is 27.3 Å². The maximum absolute atomic E-state index is 12.0. The molecule has 2 rings (SSSR count). The maximum atomic E-state index is 12.0. The van der Waals surface area contributed by atoms with E-state index in [1.54, 1.807) is 25.4 Å². The van der Waals surface area contributed by atoms with Crippen LogP contribution in [0.15, 0.2) is 29.2 Å². The molecule has 2 aromatic heterocycles. The number of fused-ring (bicyclic) bond motifs is 1. The van der Waals surface area contributed by atoms with Crippen molar-refractivity contribution >= 4 is 32.9 Å². The van der Waals surface area contributed by atoms with Gasteiger partial charge in [0.15, 0.2) is 0 Å². The van der Waals surface area contributed by atoms with Gasteiger partial charge in [0.05, 0.1) is 0 Å². The molecular weight excluding hydrogens is 298 g/mol. The van der Waals surface area contributed by atoms with Gasteiger partial charge in [-0.15, -0.1) is 0 Å². The SMILES string of the molecule is Cn1c(=O)c(C(=O)NCCBr)cc2cccnc21. The molecule has 0 aromatic carbocycles. The number of hydrogen-bond donors (Lipinski definition) is 1. The summed E-state index contributed by atoms with van der Waals surface area (Å²) in [5, 5.41) is 4.08. The molecule has 2 aromatic rings. The lowest BCUT2D eigenvalue weighted by Gasteiger charge is -2.07. The van der Waals surface area contributed by atoms with Crippen LogP contribution in [0, 0.1) is 0 Å². The third-order valence-electron chi connectivity index (χ3n) is 2.59. The number of nitrogens with zero attached hydrogens (tertiary/aromatic N) is 2. The number of nitrogens with one attached hydrogen (secondary N) is 1. The summed E-state index contributed by atoms with van der Waals surface area (Å²) in [6, 6.07) is 5.17. The van der Waals surface area contributed by atoms with Crippen LogP contribution in [0.4, 0.5) is 0 Å². The maximum Gasteiger partial charge on any atom is 0.264 e. The fraction of sp³-hybridized carbons (Fsp3) is 0.250. The Hall–Kier alpha value is -1.69. The molecule has 0 atom stereocenters. The molecule has 18 heavy (non-hydrogen) atoms. The number of hydrogen-bond acceptors (Lipinski definition) is 3. The number of amides is 1. The van der Waals surface area contributed by atoms with Gasteiger partial charge in [-0.05, 0) is 18.2 Å². The number of aromatic nitrogens is 2. The van der Waals surface area contributed by atoms with E-state index in [2.05, 4.69) is 26.2 Å². The summed E-state index contributed by atoms with van der Waals surface area (Å²) in [4.78, 5) is 28.0. The average Bonchev–Trinajstić information content (AvgIpc) is 2.40. The number of aryl methyl sites for hydroxylation is 1. The van der Waals surface area contributed by atoms with Gasteiger partial charge in [-0.25, -0.2) is 4.98 Å². The third kappa shape index (κ3) is 2.28. The summed E-state index contributed by atoms with van der Waals surface area (Å²) < 4.78 is 1.39. The fourth-order valence-corrected chi connectivity index (χ4v) is 1.91. The number of carbonyl (C=O) groups is 1. The van der Waals surface area contributed by atoms with Crippen molar-refractivity contribution in [1.82, 2.24) is 14.9 Å². The van der Waals surface area contributed by atoms with Crippen LogP contribution in [0.25, 0.3) is 11.0 Å². The standard InChI is InChI=1S/C12H12BrN3O2/c1-16-10-8(3-2-5-14-10)7-9(12(16)18)11(17)15-6-4-13/h2-3,5,7H,4,6H2,1H3,(H,15,17). The highest BCUT2D eigenvalue weighted by atomic mass is 79.9. The minimum absolute atomic E-state index is 0.138. The van der Waals surface area contributed by atoms with Crippen LogP contribution in [0.2, 0.25) is 0 Å². The summed E-state index contributed by atoms with van der Waals surface area (Å²) in [5.41, 5.74) is 0.367. The van der Waals surface area contributed by atoms with Gasteiger partial charge in [-0.3, -0.25) is 14.2 Å². The van der Waals surface area contributed by atoms with Crippen molar-refractivity contribution in [2.24, 2.45) is 7.05 Å². The fourth-order valence-electron chi connectivity index (χ4n) is 1.72. The second-order valence-corrected chi connectivity index (χ2v) is 4.58. The van der Waals surface area contributed by atoms with E-state index in [-0.39, 0.29) is 17.0 Å². The van der Waals surface area contributed by atoms with Crippen LogP contribution < -0.4 is 10.9 Å². The van der Waals surface area contributed by atoms with E-state index >= 15 is 0 Å². The number of halogens is 1. The van der Waals surface area contributed by atoms with Gasteiger partial charge in [-0.1, -0.05) is 15.9 Å². The zero-order valence-corrected chi connectivity index (χ0v) is 11.4. The van der Waals surface area contributed by atoms with Crippen LogP contribution in [0.1, 0.15) is 10.4 Å². The highest BCUT2D eigenvalue weighted by molar-refractivity contribution is 9.09. The molecular formula is C12H12BrN3O2. The molecule has 5 nitrogen and oxygen atoms in total. The molecule has 0 saturated heterocycles. The molecule has 0 aliphatic carbocycles. The Balaban J connectivity index is 2.55. The van der Waals surface area contributed by atoms with E-state index < -0.39 is 0 Å². The monoisotopic (exact) mass is 309 g/mol. The Morgan fingerprint density at radius 2 is 2.33 bits per heavy atom. The Labute approximate surface area is 112 Å². The topological polar surface area (TPSA) is 64.0 Å². The highest BCUT2D eigenvalue weighted by Crippen LogP contribution is 2.09. The predicted molar refractivity (Wildman–Crippen MR) is 73.1 cm³/mol. The summed E-state index contributed by atoms with van der Waals surface area (Å²) in [6.45, 7) is 0.479. The zero-order valence-electron chi connectivity index (χ0n) is 9.81. The normalized spacial score (nSPS) is 10.6. The summed E-state index contributed by atoms with van der Waals surface area (Å²) in [7, 11) is 1.61. The third-order valence-corrected chi connectivity index (χ3v) is 2.99. The summed E-state index contributed by atoms with van der Waals surface area (Å²) in [5.74, 6) is -0.360. The highest BCUT2D eigenvalue weighted by Gasteiger charge is 2.13. The lowest BCUT2D eigenvalue weighted by molar-refractivity contribution is 0.0954. The number of carbonyl (C=O) groups excluding carboxylic acids is 1. The van der Waals surface area contributed by atoms with E-state index in [1.165, 1.54) is 4.57 Å². The molecule has 1 amide bonds. The molecule has 0 fully saturated rings. The Morgan fingerprint density at radius 1 is 1.56 bits per heavy atom. The molecule has 94 valence electrons. The van der Waals surface area contributed by atoms with Crippen LogP contribution in [-0.2, 0) is 7.05 Å². The molecule has 0 aliphatic rings. The van der Waals surface area contributed by atoms with E-state index in [0.29, 0.717) is 17.5 Å². The first-order valence-corrected chi connectivity index (χ1v) is 6.56. The first kappa shape index (κ1) is 12.8. The van der Waals surface area contributed by atoms with Crippen LogP contribution in [0.5, 0.6) is 0 Å². The second-order valence-electron chi connectivity index (χ2n) is 3.78. The molecule has 0 bridgehead atoms. The van der Waals surface area contributed by atoms with Gasteiger partial charge < -0.3 is 5.32 Å². The van der Waals surface area contributed by atoms with Gasteiger partial charge in [0.25, 0.3) is 11.5 Å². The van der Waals surface area contributed by atoms with Gasteiger partial charge >= 0.3 is 0 Å². The largest absolute Gasteiger partial charge is 0.351 e. The molecule has 0 saturated carbocycles. The Morgan fingerprint density at radius 3 is 3.06 bits per heavy atom. The quantitative estimate of drug-likeness (QED) is 0.862. The van der Waals surface area contributed by atoms with Gasteiger partial charge in [0.2, 0.25) is 0 Å². The molecule has 0 radical (unpaired) electrons. The molecule has 0 spiro atoms. The first-order chi connectivity index (χ1) is 8.65.